The normalized spacial score (nSPS) is 21.5. The first-order valence-electron chi connectivity index (χ1n) is 9.04. The monoisotopic (exact) mass is 373 g/mol. The summed E-state index contributed by atoms with van der Waals surface area (Å²) in [5.74, 6) is 0.400. The van der Waals surface area contributed by atoms with Crippen molar-refractivity contribution in [2.45, 2.75) is 31.2 Å². The Kier molecular flexibility index (Phi) is 4.73. The van der Waals surface area contributed by atoms with Crippen molar-refractivity contribution in [2.75, 3.05) is 20.2 Å². The molecule has 1 aromatic carbocycles. The fraction of sp³-hybridized carbons (Fsp3) is 0.474. The molecule has 2 aromatic heterocycles. The predicted molar refractivity (Wildman–Crippen MR) is 103 cm³/mol. The lowest BCUT2D eigenvalue weighted by Gasteiger charge is -2.37. The Morgan fingerprint density at radius 3 is 2.81 bits per heavy atom. The highest BCUT2D eigenvalue weighted by atomic mass is 35.5. The minimum absolute atomic E-state index is 0.224. The van der Waals surface area contributed by atoms with E-state index in [0.29, 0.717) is 12.0 Å². The molecular weight excluding hydrogens is 350 g/mol. The maximum Gasteiger partial charge on any atom is 0.103 e. The number of piperidine rings is 1. The fourth-order valence-corrected chi connectivity index (χ4v) is 4.36. The Morgan fingerprint density at radius 2 is 2.08 bits per heavy atom. The van der Waals surface area contributed by atoms with Crippen molar-refractivity contribution in [1.82, 2.24) is 24.5 Å². The summed E-state index contributed by atoms with van der Waals surface area (Å²) in [5.41, 5.74) is 3.17. The highest BCUT2D eigenvalue weighted by molar-refractivity contribution is 6.32. The number of benzene rings is 1. The Balaban J connectivity index is 1.72. The molecule has 138 valence electrons. The van der Waals surface area contributed by atoms with Gasteiger partial charge in [0, 0.05) is 30.1 Å². The topological polar surface area (TPSA) is 59.1 Å². The van der Waals surface area contributed by atoms with E-state index in [4.69, 9.17) is 11.6 Å². The molecule has 0 unspecified atom stereocenters. The van der Waals surface area contributed by atoms with Crippen LogP contribution in [-0.4, -0.2) is 55.8 Å². The Labute approximate surface area is 158 Å². The van der Waals surface area contributed by atoms with Gasteiger partial charge in [-0.3, -0.25) is 4.68 Å². The summed E-state index contributed by atoms with van der Waals surface area (Å²) in [6, 6.07) is 4.60. The Hall–Kier alpha value is -1.89. The molecule has 1 fully saturated rings. The number of hydrogen-bond donors (Lipinski definition) is 1. The van der Waals surface area contributed by atoms with Crippen LogP contribution in [0.25, 0.3) is 16.6 Å². The number of aromatic nitrogens is 4. The van der Waals surface area contributed by atoms with Gasteiger partial charge in [-0.15, -0.1) is 0 Å². The first kappa shape index (κ1) is 17.5. The van der Waals surface area contributed by atoms with Gasteiger partial charge >= 0.3 is 0 Å². The van der Waals surface area contributed by atoms with Crippen LogP contribution in [0.5, 0.6) is 0 Å². The molecule has 2 atom stereocenters. The van der Waals surface area contributed by atoms with Gasteiger partial charge in [0.15, 0.2) is 0 Å². The molecule has 1 aliphatic rings. The summed E-state index contributed by atoms with van der Waals surface area (Å²) < 4.78 is 3.69. The molecule has 0 spiro atoms. The molecule has 0 saturated carbocycles. The lowest BCUT2D eigenvalue weighted by molar-refractivity contribution is 0.135. The number of hydrogen-bond acceptors (Lipinski definition) is 4. The molecular formula is C19H24ClN5O. The Bertz CT molecular complexity index is 918. The van der Waals surface area contributed by atoms with Crippen LogP contribution in [0, 0.1) is 0 Å². The molecule has 0 amide bonds. The molecule has 7 heteroatoms. The van der Waals surface area contributed by atoms with Gasteiger partial charge in [-0.1, -0.05) is 11.6 Å². The molecule has 6 nitrogen and oxygen atoms in total. The molecule has 0 bridgehead atoms. The van der Waals surface area contributed by atoms with Gasteiger partial charge < -0.3 is 10.0 Å². The van der Waals surface area contributed by atoms with Crippen molar-refractivity contribution in [3.05, 3.63) is 41.3 Å². The van der Waals surface area contributed by atoms with Gasteiger partial charge in [0.05, 0.1) is 24.1 Å². The van der Waals surface area contributed by atoms with Gasteiger partial charge in [0.25, 0.3) is 0 Å². The molecule has 1 saturated heterocycles. The molecule has 0 aliphatic carbocycles. The van der Waals surface area contributed by atoms with Crippen molar-refractivity contribution in [1.29, 1.82) is 0 Å². The predicted octanol–water partition coefficient (Wildman–Crippen LogP) is 2.97. The number of fused-ring (bicyclic) bond motifs is 1. The summed E-state index contributed by atoms with van der Waals surface area (Å²) in [6.45, 7) is 1.24. The second kappa shape index (κ2) is 7.02. The highest BCUT2D eigenvalue weighted by Crippen LogP contribution is 2.38. The van der Waals surface area contributed by atoms with Crippen LogP contribution >= 0.6 is 11.6 Å². The van der Waals surface area contributed by atoms with Gasteiger partial charge in [-0.2, -0.15) is 10.2 Å². The van der Waals surface area contributed by atoms with Crippen LogP contribution in [0.15, 0.2) is 30.7 Å². The van der Waals surface area contributed by atoms with E-state index in [1.165, 1.54) is 5.56 Å². The van der Waals surface area contributed by atoms with Crippen LogP contribution in [-0.2, 0) is 7.05 Å². The van der Waals surface area contributed by atoms with Crippen molar-refractivity contribution in [2.24, 2.45) is 7.05 Å². The van der Waals surface area contributed by atoms with Gasteiger partial charge in [0.2, 0.25) is 0 Å². The average Bonchev–Trinajstić information content (AvgIpc) is 3.22. The third-order valence-electron chi connectivity index (χ3n) is 5.53. The van der Waals surface area contributed by atoms with E-state index in [2.05, 4.69) is 28.2 Å². The zero-order valence-corrected chi connectivity index (χ0v) is 15.9. The summed E-state index contributed by atoms with van der Waals surface area (Å²) in [6.07, 6.45) is 8.51. The van der Waals surface area contributed by atoms with Crippen molar-refractivity contribution < 1.29 is 5.11 Å². The van der Waals surface area contributed by atoms with Crippen molar-refractivity contribution >= 4 is 22.5 Å². The maximum absolute atomic E-state index is 9.35. The van der Waals surface area contributed by atoms with Gasteiger partial charge in [-0.25, -0.2) is 4.68 Å². The second-order valence-corrected chi connectivity index (χ2v) is 7.64. The third kappa shape index (κ3) is 3.13. The van der Waals surface area contributed by atoms with E-state index in [-0.39, 0.29) is 6.61 Å². The first-order valence-corrected chi connectivity index (χ1v) is 9.42. The average molecular weight is 374 g/mol. The Morgan fingerprint density at radius 1 is 1.23 bits per heavy atom. The van der Waals surface area contributed by atoms with E-state index >= 15 is 0 Å². The molecule has 3 heterocycles. The summed E-state index contributed by atoms with van der Waals surface area (Å²) >= 11 is 6.64. The van der Waals surface area contributed by atoms with Crippen LogP contribution < -0.4 is 0 Å². The standard InChI is InChI=1S/C19H24ClN5O/c1-23-5-3-13(7-15(23)4-6-26)17-9-19-14(8-18(17)20)10-22-25(19)16-11-21-24(2)12-16/h8-13,15,26H,3-7H2,1-2H3/t13-,15-/m1/s1. The van der Waals surface area contributed by atoms with Gasteiger partial charge in [-0.05, 0) is 56.5 Å². The number of aryl methyl sites for hydroxylation is 1. The molecule has 1 aliphatic heterocycles. The summed E-state index contributed by atoms with van der Waals surface area (Å²) in [4.78, 5) is 2.35. The van der Waals surface area contributed by atoms with E-state index in [1.807, 2.05) is 36.4 Å². The van der Waals surface area contributed by atoms with Crippen LogP contribution in [0.1, 0.15) is 30.7 Å². The summed E-state index contributed by atoms with van der Waals surface area (Å²) in [5, 5.41) is 20.0. The second-order valence-electron chi connectivity index (χ2n) is 7.23. The molecule has 3 aromatic rings. The van der Waals surface area contributed by atoms with E-state index < -0.39 is 0 Å². The van der Waals surface area contributed by atoms with Crippen LogP contribution in [0.3, 0.4) is 0 Å². The zero-order chi connectivity index (χ0) is 18.3. The third-order valence-corrected chi connectivity index (χ3v) is 5.86. The largest absolute Gasteiger partial charge is 0.396 e. The molecule has 1 N–H and O–H groups in total. The SMILES string of the molecule is CN1CC[C@@H](c2cc3c(cnn3-c3cnn(C)c3)cc2Cl)C[C@H]1CCO. The number of likely N-dealkylation sites (tertiary alicyclic amines) is 1. The quantitative estimate of drug-likeness (QED) is 0.763. The number of halogens is 1. The number of rotatable bonds is 4. The molecule has 26 heavy (non-hydrogen) atoms. The number of aliphatic hydroxyl groups excluding tert-OH is 1. The van der Waals surface area contributed by atoms with Crippen molar-refractivity contribution in [3.63, 3.8) is 0 Å². The highest BCUT2D eigenvalue weighted by Gasteiger charge is 2.28. The fourth-order valence-electron chi connectivity index (χ4n) is 4.04. The zero-order valence-electron chi connectivity index (χ0n) is 15.1. The van der Waals surface area contributed by atoms with Gasteiger partial charge in [0.1, 0.15) is 5.69 Å². The molecule has 0 radical (unpaired) electrons. The minimum atomic E-state index is 0.224. The number of aliphatic hydroxyl groups is 1. The van der Waals surface area contributed by atoms with Crippen molar-refractivity contribution in [3.8, 4) is 5.69 Å². The maximum atomic E-state index is 9.35. The lowest BCUT2D eigenvalue weighted by Crippen LogP contribution is -2.39. The van der Waals surface area contributed by atoms with E-state index in [0.717, 1.165) is 47.4 Å². The first-order chi connectivity index (χ1) is 12.6. The minimum Gasteiger partial charge on any atom is -0.396 e. The smallest absolute Gasteiger partial charge is 0.103 e. The van der Waals surface area contributed by atoms with Crippen LogP contribution in [0.2, 0.25) is 5.02 Å². The van der Waals surface area contributed by atoms with E-state index in [9.17, 15) is 5.11 Å². The van der Waals surface area contributed by atoms with Crippen LogP contribution in [0.4, 0.5) is 0 Å². The lowest BCUT2D eigenvalue weighted by atomic mass is 9.84. The number of nitrogens with zero attached hydrogens (tertiary/aromatic N) is 5. The summed E-state index contributed by atoms with van der Waals surface area (Å²) in [7, 11) is 4.04. The van der Waals surface area contributed by atoms with E-state index in [1.54, 1.807) is 4.68 Å². The molecule has 4 rings (SSSR count).